The van der Waals surface area contributed by atoms with Gasteiger partial charge in [-0.15, -0.1) is 0 Å². The number of rotatable bonds is 7. The molecular weight excluding hydrogens is 471 g/mol. The normalized spacial score (nSPS) is 15.2. The Morgan fingerprint density at radius 3 is 2.47 bits per heavy atom. The van der Waals surface area contributed by atoms with E-state index in [1.165, 1.54) is 0 Å². The molecule has 0 radical (unpaired) electrons. The highest BCUT2D eigenvalue weighted by Crippen LogP contribution is 2.33. The molecule has 32 heavy (non-hydrogen) atoms. The van der Waals surface area contributed by atoms with E-state index in [1.54, 1.807) is 36.4 Å². The molecule has 2 N–H and O–H groups in total. The van der Waals surface area contributed by atoms with E-state index in [-0.39, 0.29) is 12.3 Å². The van der Waals surface area contributed by atoms with Gasteiger partial charge in [-0.25, -0.2) is 13.4 Å². The zero-order valence-electron chi connectivity index (χ0n) is 17.6. The van der Waals surface area contributed by atoms with E-state index in [2.05, 4.69) is 36.9 Å². The molecule has 11 heteroatoms. The number of halogens is 2. The van der Waals surface area contributed by atoms with Gasteiger partial charge in [-0.05, 0) is 31.3 Å². The van der Waals surface area contributed by atoms with Crippen LogP contribution in [0.4, 0.5) is 17.5 Å². The van der Waals surface area contributed by atoms with Gasteiger partial charge in [0.05, 0.1) is 21.7 Å². The van der Waals surface area contributed by atoms with Gasteiger partial charge in [0.25, 0.3) is 0 Å². The highest BCUT2D eigenvalue weighted by atomic mass is 35.5. The Labute approximate surface area is 197 Å². The summed E-state index contributed by atoms with van der Waals surface area (Å²) in [6.45, 7) is 3.55. The number of fused-ring (bicyclic) bond motifs is 1. The van der Waals surface area contributed by atoms with Crippen LogP contribution in [-0.4, -0.2) is 68.8 Å². The Kier molecular flexibility index (Phi) is 6.90. The number of hydrogen-bond donors (Lipinski definition) is 2. The molecule has 1 aliphatic rings. The van der Waals surface area contributed by atoms with Crippen LogP contribution in [0.5, 0.6) is 0 Å². The molecule has 1 saturated heterocycles. The Bertz CT molecular complexity index is 1200. The van der Waals surface area contributed by atoms with Crippen LogP contribution in [0.1, 0.15) is 0 Å². The summed E-state index contributed by atoms with van der Waals surface area (Å²) in [6, 6.07) is 12.1. The first kappa shape index (κ1) is 22.8. The predicted molar refractivity (Wildman–Crippen MR) is 132 cm³/mol. The van der Waals surface area contributed by atoms with Crippen molar-refractivity contribution in [2.45, 2.75) is 0 Å². The quantitative estimate of drug-likeness (QED) is 0.518. The average Bonchev–Trinajstić information content (AvgIpc) is 2.73. The SMILES string of the molecule is CN1CCN(c2nc(NCCS(=O)(=O)Nc3ccccc3)c3c(Cl)cc(Cl)cc3n2)CC1. The molecule has 0 unspecified atom stereocenters. The highest BCUT2D eigenvalue weighted by molar-refractivity contribution is 7.92. The van der Waals surface area contributed by atoms with Crippen LogP contribution in [0.2, 0.25) is 10.0 Å². The minimum atomic E-state index is -3.54. The number of piperazine rings is 1. The minimum Gasteiger partial charge on any atom is -0.368 e. The molecule has 8 nitrogen and oxygen atoms in total. The van der Waals surface area contributed by atoms with Gasteiger partial charge in [0, 0.05) is 43.4 Å². The highest BCUT2D eigenvalue weighted by Gasteiger charge is 2.20. The largest absolute Gasteiger partial charge is 0.368 e. The van der Waals surface area contributed by atoms with E-state index in [0.717, 1.165) is 26.2 Å². The third kappa shape index (κ3) is 5.53. The van der Waals surface area contributed by atoms with Crippen molar-refractivity contribution in [2.24, 2.45) is 0 Å². The number of nitrogens with one attached hydrogen (secondary N) is 2. The van der Waals surface area contributed by atoms with Crippen LogP contribution in [0.3, 0.4) is 0 Å². The topological polar surface area (TPSA) is 90.5 Å². The summed E-state index contributed by atoms with van der Waals surface area (Å²) in [4.78, 5) is 13.7. The van der Waals surface area contributed by atoms with Crippen molar-refractivity contribution in [3.8, 4) is 0 Å². The molecule has 0 aliphatic carbocycles. The van der Waals surface area contributed by atoms with Crippen molar-refractivity contribution in [3.05, 3.63) is 52.5 Å². The smallest absolute Gasteiger partial charge is 0.234 e. The summed E-state index contributed by atoms with van der Waals surface area (Å²) in [7, 11) is -1.46. The third-order valence-electron chi connectivity index (χ3n) is 5.20. The molecule has 1 aromatic heterocycles. The molecule has 0 spiro atoms. The zero-order chi connectivity index (χ0) is 22.7. The predicted octanol–water partition coefficient (Wildman–Crippen LogP) is 3.54. The summed E-state index contributed by atoms with van der Waals surface area (Å²) in [5.41, 5.74) is 1.13. The minimum absolute atomic E-state index is 0.136. The molecule has 4 rings (SSSR count). The summed E-state index contributed by atoms with van der Waals surface area (Å²) in [6.07, 6.45) is 0. The maximum absolute atomic E-state index is 12.5. The average molecular weight is 495 g/mol. The van der Waals surface area contributed by atoms with Gasteiger partial charge in [-0.3, -0.25) is 4.72 Å². The zero-order valence-corrected chi connectivity index (χ0v) is 19.9. The molecule has 3 aromatic rings. The second-order valence-electron chi connectivity index (χ2n) is 7.66. The van der Waals surface area contributed by atoms with E-state index >= 15 is 0 Å². The van der Waals surface area contributed by atoms with Crippen LogP contribution in [0.25, 0.3) is 10.9 Å². The molecule has 2 heterocycles. The number of sulfonamides is 1. The van der Waals surface area contributed by atoms with Gasteiger partial charge in [-0.1, -0.05) is 41.4 Å². The number of benzene rings is 2. The van der Waals surface area contributed by atoms with Crippen LogP contribution in [0, 0.1) is 0 Å². The first-order chi connectivity index (χ1) is 15.3. The van der Waals surface area contributed by atoms with Crippen LogP contribution in [0.15, 0.2) is 42.5 Å². The summed E-state index contributed by atoms with van der Waals surface area (Å²) < 4.78 is 27.5. The molecule has 0 atom stereocenters. The van der Waals surface area contributed by atoms with Gasteiger partial charge in [0.15, 0.2) is 0 Å². The van der Waals surface area contributed by atoms with Crippen LogP contribution >= 0.6 is 23.2 Å². The van der Waals surface area contributed by atoms with Gasteiger partial charge < -0.3 is 15.1 Å². The van der Waals surface area contributed by atoms with Crippen molar-refractivity contribution in [3.63, 3.8) is 0 Å². The molecule has 0 saturated carbocycles. The van der Waals surface area contributed by atoms with E-state index in [4.69, 9.17) is 23.2 Å². The fourth-order valence-electron chi connectivity index (χ4n) is 3.49. The molecule has 0 amide bonds. The Morgan fingerprint density at radius 2 is 1.75 bits per heavy atom. The number of nitrogens with zero attached hydrogens (tertiary/aromatic N) is 4. The van der Waals surface area contributed by atoms with Crippen molar-refractivity contribution in [1.29, 1.82) is 0 Å². The second kappa shape index (κ2) is 9.66. The summed E-state index contributed by atoms with van der Waals surface area (Å²) in [5, 5.41) is 4.64. The number of anilines is 3. The van der Waals surface area contributed by atoms with Gasteiger partial charge in [0.2, 0.25) is 16.0 Å². The molecule has 1 fully saturated rings. The number of aromatic nitrogens is 2. The number of para-hydroxylation sites is 1. The number of likely N-dealkylation sites (N-methyl/N-ethyl adjacent to an activating group) is 1. The summed E-state index contributed by atoms with van der Waals surface area (Å²) in [5.74, 6) is 0.917. The van der Waals surface area contributed by atoms with Gasteiger partial charge in [0.1, 0.15) is 5.82 Å². The maximum atomic E-state index is 12.5. The first-order valence-electron chi connectivity index (χ1n) is 10.2. The molecule has 0 bridgehead atoms. The number of hydrogen-bond acceptors (Lipinski definition) is 7. The van der Waals surface area contributed by atoms with E-state index in [0.29, 0.717) is 38.4 Å². The molecular formula is C21H24Cl2N6O2S. The lowest BCUT2D eigenvalue weighted by molar-refractivity contribution is 0.311. The van der Waals surface area contributed by atoms with Gasteiger partial charge in [-0.2, -0.15) is 4.98 Å². The van der Waals surface area contributed by atoms with E-state index in [1.807, 2.05) is 6.07 Å². The van der Waals surface area contributed by atoms with E-state index < -0.39 is 10.0 Å². The van der Waals surface area contributed by atoms with Crippen molar-refractivity contribution in [2.75, 3.05) is 60.5 Å². The summed E-state index contributed by atoms with van der Waals surface area (Å²) >= 11 is 12.6. The first-order valence-corrected chi connectivity index (χ1v) is 12.6. The second-order valence-corrected chi connectivity index (χ2v) is 10.3. The van der Waals surface area contributed by atoms with Crippen molar-refractivity contribution < 1.29 is 8.42 Å². The lowest BCUT2D eigenvalue weighted by atomic mass is 10.2. The Balaban J connectivity index is 1.56. The van der Waals surface area contributed by atoms with E-state index in [9.17, 15) is 8.42 Å². The van der Waals surface area contributed by atoms with Crippen LogP contribution in [-0.2, 0) is 10.0 Å². The maximum Gasteiger partial charge on any atom is 0.234 e. The standard InChI is InChI=1S/C21H24Cl2N6O2S/c1-28-8-10-29(11-9-28)21-25-18-14-15(22)13-17(23)19(18)20(26-21)24-7-12-32(30,31)27-16-5-3-2-4-6-16/h2-6,13-14,27H,7-12H2,1H3,(H,24,25,26). The van der Waals surface area contributed by atoms with Crippen LogP contribution < -0.4 is 14.9 Å². The van der Waals surface area contributed by atoms with Crippen molar-refractivity contribution >= 4 is 61.6 Å². The Morgan fingerprint density at radius 1 is 1.03 bits per heavy atom. The molecule has 1 aliphatic heterocycles. The third-order valence-corrected chi connectivity index (χ3v) is 7.00. The molecule has 2 aromatic carbocycles. The lowest BCUT2D eigenvalue weighted by Crippen LogP contribution is -2.45. The monoisotopic (exact) mass is 494 g/mol. The van der Waals surface area contributed by atoms with Crippen molar-refractivity contribution in [1.82, 2.24) is 14.9 Å². The van der Waals surface area contributed by atoms with Gasteiger partial charge >= 0.3 is 0 Å². The lowest BCUT2D eigenvalue weighted by Gasteiger charge is -2.32. The Hall–Kier alpha value is -2.33. The molecule has 170 valence electrons. The fraction of sp³-hybridized carbons (Fsp3) is 0.333. The fourth-order valence-corrected chi connectivity index (χ4v) is 5.03.